The Balaban J connectivity index is 2.08. The Morgan fingerprint density at radius 1 is 1.32 bits per heavy atom. The molecule has 1 amide bonds. The van der Waals surface area contributed by atoms with Crippen LogP contribution in [0.2, 0.25) is 0 Å². The van der Waals surface area contributed by atoms with Crippen LogP contribution >= 0.6 is 11.6 Å². The van der Waals surface area contributed by atoms with E-state index in [9.17, 15) is 4.79 Å². The van der Waals surface area contributed by atoms with Crippen molar-refractivity contribution in [3.63, 3.8) is 0 Å². The summed E-state index contributed by atoms with van der Waals surface area (Å²) in [5.74, 6) is 1.53. The second kappa shape index (κ2) is 6.40. The molecule has 2 rings (SSSR count). The van der Waals surface area contributed by atoms with Crippen molar-refractivity contribution in [3.8, 4) is 11.5 Å². The number of amides is 1. The van der Waals surface area contributed by atoms with E-state index in [1.165, 1.54) is 0 Å². The monoisotopic (exact) mass is 322 g/mol. The first-order chi connectivity index (χ1) is 10.3. The molecule has 0 atom stereocenters. The molecule has 0 bridgehead atoms. The number of benzene rings is 1. The normalized spacial score (nSPS) is 11.3. The number of ether oxygens (including phenoxy) is 1. The van der Waals surface area contributed by atoms with Gasteiger partial charge in [-0.1, -0.05) is 0 Å². The molecule has 0 aliphatic heterocycles. The van der Waals surface area contributed by atoms with Crippen molar-refractivity contribution in [2.45, 2.75) is 39.2 Å². The van der Waals surface area contributed by atoms with Gasteiger partial charge in [0, 0.05) is 11.3 Å². The number of carbonyl (C=O) groups is 1. The molecular weight excluding hydrogens is 304 g/mol. The Labute approximate surface area is 134 Å². The van der Waals surface area contributed by atoms with E-state index < -0.39 is 11.7 Å². The molecule has 5 nitrogen and oxygen atoms in total. The van der Waals surface area contributed by atoms with Crippen LogP contribution in [0.1, 0.15) is 32.2 Å². The maximum atomic E-state index is 11.7. The summed E-state index contributed by atoms with van der Waals surface area (Å²) in [6.07, 6.45) is -0.489. The molecule has 0 fully saturated rings. The SMILES string of the molecule is Cc1oc(-c2ccc(NC(=O)OC(C)(C)C)cc2)nc1CCl. The number of nitrogens with one attached hydrogen (secondary N) is 1. The van der Waals surface area contributed by atoms with Gasteiger partial charge in [-0.05, 0) is 52.0 Å². The fourth-order valence-electron chi connectivity index (χ4n) is 1.79. The molecule has 0 aliphatic rings. The maximum absolute atomic E-state index is 11.7. The molecule has 1 N–H and O–H groups in total. The number of hydrogen-bond acceptors (Lipinski definition) is 4. The second-order valence-corrected chi connectivity index (χ2v) is 6.13. The largest absolute Gasteiger partial charge is 0.444 e. The highest BCUT2D eigenvalue weighted by atomic mass is 35.5. The number of oxazole rings is 1. The van der Waals surface area contributed by atoms with Crippen LogP contribution in [0.15, 0.2) is 28.7 Å². The number of alkyl halides is 1. The van der Waals surface area contributed by atoms with E-state index in [-0.39, 0.29) is 0 Å². The molecule has 1 aromatic carbocycles. The first-order valence-electron chi connectivity index (χ1n) is 6.91. The quantitative estimate of drug-likeness (QED) is 0.829. The van der Waals surface area contributed by atoms with Crippen LogP contribution in [0.25, 0.3) is 11.5 Å². The summed E-state index contributed by atoms with van der Waals surface area (Å²) < 4.78 is 10.8. The zero-order chi connectivity index (χ0) is 16.3. The van der Waals surface area contributed by atoms with Crippen LogP contribution in [-0.2, 0) is 10.6 Å². The third-order valence-corrected chi connectivity index (χ3v) is 3.05. The first-order valence-corrected chi connectivity index (χ1v) is 7.44. The molecule has 118 valence electrons. The predicted octanol–water partition coefficient (Wildman–Crippen LogP) is 4.74. The minimum absolute atomic E-state index is 0.313. The lowest BCUT2D eigenvalue weighted by Gasteiger charge is -2.19. The first kappa shape index (κ1) is 16.4. The average molecular weight is 323 g/mol. The predicted molar refractivity (Wildman–Crippen MR) is 86.1 cm³/mol. The molecule has 2 aromatic rings. The van der Waals surface area contributed by atoms with Crippen LogP contribution in [0.5, 0.6) is 0 Å². The molecule has 0 unspecified atom stereocenters. The van der Waals surface area contributed by atoms with E-state index in [4.69, 9.17) is 20.8 Å². The van der Waals surface area contributed by atoms with E-state index in [1.54, 1.807) is 12.1 Å². The summed E-state index contributed by atoms with van der Waals surface area (Å²) in [7, 11) is 0. The Kier molecular flexibility index (Phi) is 4.76. The minimum Gasteiger partial charge on any atom is -0.444 e. The molecule has 6 heteroatoms. The van der Waals surface area contributed by atoms with Crippen molar-refractivity contribution < 1.29 is 13.9 Å². The Bertz CT molecular complexity index is 657. The highest BCUT2D eigenvalue weighted by Gasteiger charge is 2.16. The van der Waals surface area contributed by atoms with Crippen molar-refractivity contribution in [3.05, 3.63) is 35.7 Å². The van der Waals surface area contributed by atoms with Gasteiger partial charge in [-0.25, -0.2) is 9.78 Å². The van der Waals surface area contributed by atoms with Crippen molar-refractivity contribution in [2.75, 3.05) is 5.32 Å². The third-order valence-electron chi connectivity index (χ3n) is 2.80. The summed E-state index contributed by atoms with van der Waals surface area (Å²) in [6.45, 7) is 7.27. The van der Waals surface area contributed by atoms with Gasteiger partial charge < -0.3 is 9.15 Å². The van der Waals surface area contributed by atoms with Crippen LogP contribution in [0.4, 0.5) is 10.5 Å². The summed E-state index contributed by atoms with van der Waals surface area (Å²) in [5.41, 5.74) is 1.65. The third kappa shape index (κ3) is 4.24. The Morgan fingerprint density at radius 2 is 1.95 bits per heavy atom. The number of nitrogens with zero attached hydrogens (tertiary/aromatic N) is 1. The Hall–Kier alpha value is -2.01. The van der Waals surface area contributed by atoms with Gasteiger partial charge in [-0.15, -0.1) is 11.6 Å². The van der Waals surface area contributed by atoms with E-state index >= 15 is 0 Å². The maximum Gasteiger partial charge on any atom is 0.412 e. The number of hydrogen-bond donors (Lipinski definition) is 1. The highest BCUT2D eigenvalue weighted by Crippen LogP contribution is 2.24. The Morgan fingerprint density at radius 3 is 2.45 bits per heavy atom. The van der Waals surface area contributed by atoms with Crippen molar-refractivity contribution in [1.82, 2.24) is 4.98 Å². The van der Waals surface area contributed by atoms with Gasteiger partial charge in [0.05, 0.1) is 11.6 Å². The average Bonchev–Trinajstić information content (AvgIpc) is 2.78. The van der Waals surface area contributed by atoms with Gasteiger partial charge in [0.2, 0.25) is 5.89 Å². The van der Waals surface area contributed by atoms with Crippen LogP contribution in [0.3, 0.4) is 0 Å². The highest BCUT2D eigenvalue weighted by molar-refractivity contribution is 6.17. The van der Waals surface area contributed by atoms with Crippen LogP contribution in [0, 0.1) is 6.92 Å². The molecular formula is C16H19ClN2O3. The lowest BCUT2D eigenvalue weighted by Crippen LogP contribution is -2.27. The van der Waals surface area contributed by atoms with E-state index in [0.29, 0.717) is 23.2 Å². The molecule has 0 aliphatic carbocycles. The van der Waals surface area contributed by atoms with E-state index in [1.807, 2.05) is 39.8 Å². The summed E-state index contributed by atoms with van der Waals surface area (Å²) >= 11 is 5.78. The topological polar surface area (TPSA) is 64.4 Å². The standard InChI is InChI=1S/C16H19ClN2O3/c1-10-13(9-17)19-14(21-10)11-5-7-12(8-6-11)18-15(20)22-16(2,3)4/h5-8H,9H2,1-4H3,(H,18,20). The van der Waals surface area contributed by atoms with Crippen LogP contribution < -0.4 is 5.32 Å². The van der Waals surface area contributed by atoms with E-state index in [2.05, 4.69) is 10.3 Å². The lowest BCUT2D eigenvalue weighted by atomic mass is 10.2. The summed E-state index contributed by atoms with van der Waals surface area (Å²) in [4.78, 5) is 16.0. The van der Waals surface area contributed by atoms with E-state index in [0.717, 1.165) is 11.3 Å². The van der Waals surface area contributed by atoms with Gasteiger partial charge >= 0.3 is 6.09 Å². The van der Waals surface area contributed by atoms with Gasteiger partial charge in [-0.2, -0.15) is 0 Å². The van der Waals surface area contributed by atoms with Gasteiger partial charge in [0.15, 0.2) is 0 Å². The van der Waals surface area contributed by atoms with Crippen molar-refractivity contribution in [2.24, 2.45) is 0 Å². The van der Waals surface area contributed by atoms with Gasteiger partial charge in [0.1, 0.15) is 11.4 Å². The molecule has 1 aromatic heterocycles. The second-order valence-electron chi connectivity index (χ2n) is 5.86. The van der Waals surface area contributed by atoms with Gasteiger partial charge in [0.25, 0.3) is 0 Å². The molecule has 0 spiro atoms. The molecule has 0 saturated heterocycles. The molecule has 0 radical (unpaired) electrons. The van der Waals surface area contributed by atoms with Gasteiger partial charge in [-0.3, -0.25) is 5.32 Å². The number of rotatable bonds is 3. The lowest BCUT2D eigenvalue weighted by molar-refractivity contribution is 0.0636. The zero-order valence-electron chi connectivity index (χ0n) is 13.1. The smallest absolute Gasteiger partial charge is 0.412 e. The fraction of sp³-hybridized carbons (Fsp3) is 0.375. The fourth-order valence-corrected chi connectivity index (χ4v) is 2.04. The number of anilines is 1. The molecule has 22 heavy (non-hydrogen) atoms. The minimum atomic E-state index is -0.530. The number of aromatic nitrogens is 1. The van der Waals surface area contributed by atoms with Crippen molar-refractivity contribution >= 4 is 23.4 Å². The number of carbonyl (C=O) groups excluding carboxylic acids is 1. The summed E-state index contributed by atoms with van der Waals surface area (Å²) in [6, 6.07) is 7.16. The molecule has 0 saturated carbocycles. The molecule has 1 heterocycles. The zero-order valence-corrected chi connectivity index (χ0v) is 13.8. The van der Waals surface area contributed by atoms with Crippen molar-refractivity contribution in [1.29, 1.82) is 0 Å². The number of halogens is 1. The summed E-state index contributed by atoms with van der Waals surface area (Å²) in [5, 5.41) is 2.67. The number of aryl methyl sites for hydroxylation is 1. The van der Waals surface area contributed by atoms with Crippen LogP contribution in [-0.4, -0.2) is 16.7 Å².